The zero-order valence-electron chi connectivity index (χ0n) is 7.42. The summed E-state index contributed by atoms with van der Waals surface area (Å²) in [6.45, 7) is 2.72. The first-order valence-electron chi connectivity index (χ1n) is 4.20. The molecule has 0 atom stereocenters. The van der Waals surface area contributed by atoms with Crippen molar-refractivity contribution in [1.29, 1.82) is 0 Å². The monoisotopic (exact) mass is 165 g/mol. The summed E-state index contributed by atoms with van der Waals surface area (Å²) in [5.74, 6) is 4.92. The van der Waals surface area contributed by atoms with Gasteiger partial charge in [-0.1, -0.05) is 29.8 Å². The third kappa shape index (κ3) is 3.03. The van der Waals surface area contributed by atoms with Crippen molar-refractivity contribution in [3.8, 4) is 0 Å². The van der Waals surface area contributed by atoms with Crippen molar-refractivity contribution in [2.24, 2.45) is 5.90 Å². The Labute approximate surface area is 73.3 Å². The Morgan fingerprint density at radius 1 is 1.25 bits per heavy atom. The van der Waals surface area contributed by atoms with E-state index >= 15 is 0 Å². The summed E-state index contributed by atoms with van der Waals surface area (Å²) in [6, 6.07) is 8.54. The summed E-state index contributed by atoms with van der Waals surface area (Å²) in [6.07, 6.45) is 2.02. The van der Waals surface area contributed by atoms with Crippen molar-refractivity contribution >= 4 is 0 Å². The summed E-state index contributed by atoms with van der Waals surface area (Å²) in [5, 5.41) is 0. The molecule has 0 radical (unpaired) electrons. The Balaban J connectivity index is 2.37. The summed E-state index contributed by atoms with van der Waals surface area (Å²) in [5.41, 5.74) is 2.64. The maximum absolute atomic E-state index is 4.92. The molecule has 12 heavy (non-hydrogen) atoms. The van der Waals surface area contributed by atoms with E-state index in [1.165, 1.54) is 11.1 Å². The van der Waals surface area contributed by atoms with Crippen molar-refractivity contribution in [1.82, 2.24) is 0 Å². The third-order valence-electron chi connectivity index (χ3n) is 1.85. The van der Waals surface area contributed by atoms with Gasteiger partial charge in [0.25, 0.3) is 0 Å². The number of benzene rings is 1. The lowest BCUT2D eigenvalue weighted by molar-refractivity contribution is 0.135. The van der Waals surface area contributed by atoms with Crippen LogP contribution in [0.1, 0.15) is 17.5 Å². The van der Waals surface area contributed by atoms with Crippen molar-refractivity contribution in [2.75, 3.05) is 6.61 Å². The van der Waals surface area contributed by atoms with E-state index in [1.54, 1.807) is 0 Å². The molecule has 0 unspecified atom stereocenters. The number of nitrogens with two attached hydrogens (primary N) is 1. The normalized spacial score (nSPS) is 10.2. The molecule has 0 heterocycles. The van der Waals surface area contributed by atoms with E-state index in [2.05, 4.69) is 36.0 Å². The van der Waals surface area contributed by atoms with Gasteiger partial charge in [-0.3, -0.25) is 0 Å². The Hall–Kier alpha value is -0.860. The average Bonchev–Trinajstić information content (AvgIpc) is 2.09. The maximum atomic E-state index is 4.92. The minimum Gasteiger partial charge on any atom is -0.305 e. The first kappa shape index (κ1) is 9.23. The van der Waals surface area contributed by atoms with E-state index in [9.17, 15) is 0 Å². The second-order valence-corrected chi connectivity index (χ2v) is 2.96. The van der Waals surface area contributed by atoms with E-state index in [0.717, 1.165) is 12.8 Å². The highest BCUT2D eigenvalue weighted by molar-refractivity contribution is 5.21. The van der Waals surface area contributed by atoms with Gasteiger partial charge in [0.2, 0.25) is 0 Å². The van der Waals surface area contributed by atoms with Crippen LogP contribution >= 0.6 is 0 Å². The molecule has 1 aromatic carbocycles. The Bertz CT molecular complexity index is 218. The van der Waals surface area contributed by atoms with Gasteiger partial charge < -0.3 is 4.84 Å². The second kappa shape index (κ2) is 4.91. The standard InChI is InChI=1S/C10H15NO/c1-9-4-6-10(7-5-9)3-2-8-12-11/h4-7H,2-3,8,11H2,1H3. The quantitative estimate of drug-likeness (QED) is 0.545. The van der Waals surface area contributed by atoms with E-state index in [0.29, 0.717) is 6.61 Å². The zero-order chi connectivity index (χ0) is 8.81. The maximum Gasteiger partial charge on any atom is 0.0682 e. The van der Waals surface area contributed by atoms with E-state index < -0.39 is 0 Å². The first-order valence-corrected chi connectivity index (χ1v) is 4.20. The first-order chi connectivity index (χ1) is 5.83. The summed E-state index contributed by atoms with van der Waals surface area (Å²) < 4.78 is 0. The minimum atomic E-state index is 0.633. The van der Waals surface area contributed by atoms with Crippen LogP contribution in [0.5, 0.6) is 0 Å². The summed E-state index contributed by atoms with van der Waals surface area (Å²) in [4.78, 5) is 4.49. The highest BCUT2D eigenvalue weighted by Crippen LogP contribution is 2.05. The van der Waals surface area contributed by atoms with Crippen molar-refractivity contribution in [3.05, 3.63) is 35.4 Å². The van der Waals surface area contributed by atoms with Gasteiger partial charge in [-0.25, -0.2) is 5.90 Å². The second-order valence-electron chi connectivity index (χ2n) is 2.96. The van der Waals surface area contributed by atoms with Crippen LogP contribution in [0.3, 0.4) is 0 Å². The van der Waals surface area contributed by atoms with Crippen LogP contribution in [0, 0.1) is 6.92 Å². The van der Waals surface area contributed by atoms with Crippen LogP contribution in [0.2, 0.25) is 0 Å². The SMILES string of the molecule is Cc1ccc(CCCON)cc1. The molecule has 0 aromatic heterocycles. The van der Waals surface area contributed by atoms with Gasteiger partial charge >= 0.3 is 0 Å². The minimum absolute atomic E-state index is 0.633. The van der Waals surface area contributed by atoms with Crippen molar-refractivity contribution in [2.45, 2.75) is 19.8 Å². The van der Waals surface area contributed by atoms with Gasteiger partial charge in [0.1, 0.15) is 0 Å². The van der Waals surface area contributed by atoms with Crippen LogP contribution in [0.15, 0.2) is 24.3 Å². The molecular weight excluding hydrogens is 150 g/mol. The molecule has 66 valence electrons. The number of aryl methyl sites for hydroxylation is 2. The predicted octanol–water partition coefficient (Wildman–Crippen LogP) is 1.82. The Morgan fingerprint density at radius 2 is 1.92 bits per heavy atom. The fourth-order valence-electron chi connectivity index (χ4n) is 1.11. The fourth-order valence-corrected chi connectivity index (χ4v) is 1.11. The molecule has 0 spiro atoms. The van der Waals surface area contributed by atoms with Crippen molar-refractivity contribution in [3.63, 3.8) is 0 Å². The molecule has 0 saturated heterocycles. The summed E-state index contributed by atoms with van der Waals surface area (Å²) >= 11 is 0. The lowest BCUT2D eigenvalue weighted by Gasteiger charge is -2.00. The smallest absolute Gasteiger partial charge is 0.0682 e. The molecule has 2 heteroatoms. The molecule has 2 N–H and O–H groups in total. The number of rotatable bonds is 4. The van der Waals surface area contributed by atoms with Gasteiger partial charge in [-0.05, 0) is 25.3 Å². The summed E-state index contributed by atoms with van der Waals surface area (Å²) in [7, 11) is 0. The van der Waals surface area contributed by atoms with Crippen LogP contribution < -0.4 is 5.90 Å². The molecule has 0 aliphatic heterocycles. The fraction of sp³-hybridized carbons (Fsp3) is 0.400. The van der Waals surface area contributed by atoms with Crippen LogP contribution in [-0.4, -0.2) is 6.61 Å². The molecule has 0 aliphatic carbocycles. The average molecular weight is 165 g/mol. The Morgan fingerprint density at radius 3 is 2.50 bits per heavy atom. The van der Waals surface area contributed by atoms with E-state index in [-0.39, 0.29) is 0 Å². The predicted molar refractivity (Wildman–Crippen MR) is 49.6 cm³/mol. The molecule has 1 rings (SSSR count). The largest absolute Gasteiger partial charge is 0.305 e. The van der Waals surface area contributed by atoms with Gasteiger partial charge in [0.15, 0.2) is 0 Å². The van der Waals surface area contributed by atoms with Crippen LogP contribution in [0.25, 0.3) is 0 Å². The third-order valence-corrected chi connectivity index (χ3v) is 1.85. The lowest BCUT2D eigenvalue weighted by atomic mass is 10.1. The van der Waals surface area contributed by atoms with Gasteiger partial charge in [-0.15, -0.1) is 0 Å². The van der Waals surface area contributed by atoms with Crippen LogP contribution in [0.4, 0.5) is 0 Å². The molecule has 2 nitrogen and oxygen atoms in total. The van der Waals surface area contributed by atoms with Crippen LogP contribution in [-0.2, 0) is 11.3 Å². The highest BCUT2D eigenvalue weighted by atomic mass is 16.6. The zero-order valence-corrected chi connectivity index (χ0v) is 7.42. The van der Waals surface area contributed by atoms with E-state index in [1.807, 2.05) is 0 Å². The topological polar surface area (TPSA) is 35.2 Å². The molecule has 0 bridgehead atoms. The number of hydrogen-bond acceptors (Lipinski definition) is 2. The Kier molecular flexibility index (Phi) is 3.77. The van der Waals surface area contributed by atoms with Gasteiger partial charge in [0.05, 0.1) is 6.61 Å². The lowest BCUT2D eigenvalue weighted by Crippen LogP contribution is -2.01. The van der Waals surface area contributed by atoms with Crippen molar-refractivity contribution < 1.29 is 4.84 Å². The highest BCUT2D eigenvalue weighted by Gasteiger charge is 1.91. The van der Waals surface area contributed by atoms with Gasteiger partial charge in [-0.2, -0.15) is 0 Å². The molecule has 0 fully saturated rings. The molecular formula is C10H15NO. The molecule has 1 aromatic rings. The van der Waals surface area contributed by atoms with Gasteiger partial charge in [0, 0.05) is 0 Å². The molecule has 0 amide bonds. The van der Waals surface area contributed by atoms with E-state index in [4.69, 9.17) is 5.90 Å². The number of hydrogen-bond donors (Lipinski definition) is 1. The molecule has 0 saturated carbocycles. The molecule has 0 aliphatic rings.